The molecular weight excluding hydrogens is 298 g/mol. The van der Waals surface area contributed by atoms with Gasteiger partial charge in [-0.25, -0.2) is 4.98 Å². The summed E-state index contributed by atoms with van der Waals surface area (Å²) in [5.74, 6) is 0.698. The first-order chi connectivity index (χ1) is 11.7. The number of aromatic nitrogens is 1. The molecule has 1 aromatic heterocycles. The zero-order valence-electron chi connectivity index (χ0n) is 13.8. The topological polar surface area (TPSA) is 41.6 Å². The van der Waals surface area contributed by atoms with E-state index in [0.717, 1.165) is 23.4 Å². The number of oxazole rings is 1. The average Bonchev–Trinajstić information content (AvgIpc) is 3.24. The highest BCUT2D eigenvalue weighted by atomic mass is 16.3. The number of anilines is 1. The third-order valence-electron chi connectivity index (χ3n) is 4.22. The molecule has 1 aliphatic rings. The summed E-state index contributed by atoms with van der Waals surface area (Å²) in [6.45, 7) is 4.21. The average molecular weight is 317 g/mol. The number of hydrogen-bond donors (Lipinski definition) is 0. The molecule has 24 heavy (non-hydrogen) atoms. The standard InChI is InChI=1S/C20H19N3O/c1-14-10-15(2)12-17(11-14)23-19(20-21-8-9-24-20)13-18(22-23)16-6-4-3-5-7-16/h3-12,19H,13H2,1-2H3. The number of rotatable bonds is 3. The Morgan fingerprint density at radius 3 is 2.46 bits per heavy atom. The van der Waals surface area contributed by atoms with Crippen molar-refractivity contribution < 1.29 is 4.42 Å². The Labute approximate surface area is 141 Å². The Kier molecular flexibility index (Phi) is 3.65. The first-order valence-electron chi connectivity index (χ1n) is 8.10. The molecule has 0 aliphatic carbocycles. The van der Waals surface area contributed by atoms with Gasteiger partial charge in [-0.1, -0.05) is 36.4 Å². The van der Waals surface area contributed by atoms with Crippen LogP contribution < -0.4 is 5.01 Å². The maximum absolute atomic E-state index is 5.59. The van der Waals surface area contributed by atoms with Crippen LogP contribution in [0.2, 0.25) is 0 Å². The van der Waals surface area contributed by atoms with Crippen molar-refractivity contribution in [2.45, 2.75) is 26.3 Å². The zero-order valence-corrected chi connectivity index (χ0v) is 13.8. The van der Waals surface area contributed by atoms with Crippen LogP contribution in [-0.4, -0.2) is 10.7 Å². The van der Waals surface area contributed by atoms with E-state index in [2.05, 4.69) is 49.2 Å². The molecule has 0 N–H and O–H groups in total. The van der Waals surface area contributed by atoms with Crippen LogP contribution in [0.25, 0.3) is 0 Å². The molecule has 0 radical (unpaired) electrons. The van der Waals surface area contributed by atoms with Crippen molar-refractivity contribution in [3.8, 4) is 0 Å². The summed E-state index contributed by atoms with van der Waals surface area (Å²) >= 11 is 0. The Hall–Kier alpha value is -2.88. The molecular formula is C20H19N3O. The lowest BCUT2D eigenvalue weighted by molar-refractivity contribution is 0.449. The van der Waals surface area contributed by atoms with Crippen molar-refractivity contribution in [3.05, 3.63) is 83.6 Å². The van der Waals surface area contributed by atoms with E-state index in [1.54, 1.807) is 12.5 Å². The lowest BCUT2D eigenvalue weighted by Gasteiger charge is -2.22. The molecule has 1 atom stereocenters. The minimum absolute atomic E-state index is 0.0172. The molecule has 120 valence electrons. The van der Waals surface area contributed by atoms with Crippen molar-refractivity contribution in [2.75, 3.05) is 5.01 Å². The number of hydrazone groups is 1. The van der Waals surface area contributed by atoms with Gasteiger partial charge in [0.15, 0.2) is 0 Å². The second kappa shape index (κ2) is 5.96. The minimum atomic E-state index is -0.0172. The Morgan fingerprint density at radius 2 is 1.79 bits per heavy atom. The summed E-state index contributed by atoms with van der Waals surface area (Å²) < 4.78 is 5.59. The zero-order chi connectivity index (χ0) is 16.5. The van der Waals surface area contributed by atoms with Crippen LogP contribution >= 0.6 is 0 Å². The van der Waals surface area contributed by atoms with E-state index in [-0.39, 0.29) is 6.04 Å². The fourth-order valence-corrected chi connectivity index (χ4v) is 3.23. The third kappa shape index (κ3) is 2.71. The molecule has 0 amide bonds. The second-order valence-electron chi connectivity index (χ2n) is 6.19. The van der Waals surface area contributed by atoms with Crippen LogP contribution in [0.5, 0.6) is 0 Å². The van der Waals surface area contributed by atoms with Gasteiger partial charge in [0.1, 0.15) is 12.3 Å². The molecule has 0 saturated heterocycles. The molecule has 4 nitrogen and oxygen atoms in total. The highest BCUT2D eigenvalue weighted by molar-refractivity contribution is 6.03. The monoisotopic (exact) mass is 317 g/mol. The van der Waals surface area contributed by atoms with Gasteiger partial charge >= 0.3 is 0 Å². The summed E-state index contributed by atoms with van der Waals surface area (Å²) in [7, 11) is 0. The molecule has 0 bridgehead atoms. The lowest BCUT2D eigenvalue weighted by atomic mass is 10.0. The predicted octanol–water partition coefficient (Wildman–Crippen LogP) is 4.65. The van der Waals surface area contributed by atoms with Gasteiger partial charge in [0.2, 0.25) is 5.89 Å². The minimum Gasteiger partial charge on any atom is -0.447 e. The van der Waals surface area contributed by atoms with Gasteiger partial charge in [0.05, 0.1) is 17.6 Å². The maximum atomic E-state index is 5.59. The highest BCUT2D eigenvalue weighted by Crippen LogP contribution is 2.36. The number of nitrogens with zero attached hydrogens (tertiary/aromatic N) is 3. The number of benzene rings is 2. The molecule has 3 aromatic rings. The first kappa shape index (κ1) is 14.7. The molecule has 1 aliphatic heterocycles. The highest BCUT2D eigenvalue weighted by Gasteiger charge is 2.33. The normalized spacial score (nSPS) is 17.2. The summed E-state index contributed by atoms with van der Waals surface area (Å²) in [5, 5.41) is 6.93. The summed E-state index contributed by atoms with van der Waals surface area (Å²) in [4.78, 5) is 4.37. The molecule has 0 spiro atoms. The van der Waals surface area contributed by atoms with E-state index in [1.807, 2.05) is 23.2 Å². The lowest BCUT2D eigenvalue weighted by Crippen LogP contribution is -2.19. The Balaban J connectivity index is 1.78. The fraction of sp³-hybridized carbons (Fsp3) is 0.200. The molecule has 4 heteroatoms. The van der Waals surface area contributed by atoms with Gasteiger partial charge in [-0.3, -0.25) is 5.01 Å². The van der Waals surface area contributed by atoms with E-state index >= 15 is 0 Å². The van der Waals surface area contributed by atoms with Crippen molar-refractivity contribution >= 4 is 11.4 Å². The van der Waals surface area contributed by atoms with Crippen molar-refractivity contribution in [3.63, 3.8) is 0 Å². The third-order valence-corrected chi connectivity index (χ3v) is 4.22. The Morgan fingerprint density at radius 1 is 1.04 bits per heavy atom. The van der Waals surface area contributed by atoms with Crippen LogP contribution in [0.15, 0.2) is 70.5 Å². The SMILES string of the molecule is Cc1cc(C)cc(N2N=C(c3ccccc3)CC2c2ncco2)c1. The van der Waals surface area contributed by atoms with Crippen molar-refractivity contribution in [1.29, 1.82) is 0 Å². The van der Waals surface area contributed by atoms with Crippen LogP contribution in [0.1, 0.15) is 35.0 Å². The summed E-state index contributed by atoms with van der Waals surface area (Å²) in [6, 6.07) is 16.7. The smallest absolute Gasteiger partial charge is 0.219 e. The van der Waals surface area contributed by atoms with E-state index in [1.165, 1.54) is 11.1 Å². The van der Waals surface area contributed by atoms with Crippen LogP contribution in [-0.2, 0) is 0 Å². The summed E-state index contributed by atoms with van der Waals surface area (Å²) in [6.07, 6.45) is 4.09. The largest absolute Gasteiger partial charge is 0.447 e. The second-order valence-corrected chi connectivity index (χ2v) is 6.19. The Bertz CT molecular complexity index is 849. The van der Waals surface area contributed by atoms with Gasteiger partial charge in [-0.2, -0.15) is 5.10 Å². The van der Waals surface area contributed by atoms with Crippen LogP contribution in [0, 0.1) is 13.8 Å². The summed E-state index contributed by atoms with van der Waals surface area (Å²) in [5.41, 5.74) is 5.71. The van der Waals surface area contributed by atoms with Gasteiger partial charge < -0.3 is 4.42 Å². The van der Waals surface area contributed by atoms with E-state index in [9.17, 15) is 0 Å². The first-order valence-corrected chi connectivity index (χ1v) is 8.10. The fourth-order valence-electron chi connectivity index (χ4n) is 3.23. The van der Waals surface area contributed by atoms with Crippen molar-refractivity contribution in [1.82, 2.24) is 4.98 Å². The van der Waals surface area contributed by atoms with Crippen LogP contribution in [0.3, 0.4) is 0 Å². The van der Waals surface area contributed by atoms with Gasteiger partial charge in [0, 0.05) is 6.42 Å². The molecule has 2 aromatic carbocycles. The molecule has 1 unspecified atom stereocenters. The maximum Gasteiger partial charge on any atom is 0.219 e. The van der Waals surface area contributed by atoms with Gasteiger partial charge in [-0.05, 0) is 42.7 Å². The van der Waals surface area contributed by atoms with E-state index in [0.29, 0.717) is 5.89 Å². The number of hydrogen-bond acceptors (Lipinski definition) is 4. The van der Waals surface area contributed by atoms with Crippen molar-refractivity contribution in [2.24, 2.45) is 5.10 Å². The molecule has 0 fully saturated rings. The quantitative estimate of drug-likeness (QED) is 0.706. The van der Waals surface area contributed by atoms with Gasteiger partial charge in [-0.15, -0.1) is 0 Å². The molecule has 4 rings (SSSR count). The van der Waals surface area contributed by atoms with E-state index < -0.39 is 0 Å². The molecule has 0 saturated carbocycles. The van der Waals surface area contributed by atoms with Gasteiger partial charge in [0.25, 0.3) is 0 Å². The number of aryl methyl sites for hydroxylation is 2. The van der Waals surface area contributed by atoms with Crippen LogP contribution in [0.4, 0.5) is 5.69 Å². The van der Waals surface area contributed by atoms with E-state index in [4.69, 9.17) is 9.52 Å². The predicted molar refractivity (Wildman–Crippen MR) is 95.2 cm³/mol. The molecule has 2 heterocycles.